The molecular weight excluding hydrogens is 516 g/mol. The van der Waals surface area contributed by atoms with E-state index in [4.69, 9.17) is 23.7 Å². The van der Waals surface area contributed by atoms with Gasteiger partial charge in [-0.3, -0.25) is 0 Å². The first-order chi connectivity index (χ1) is 18.6. The summed E-state index contributed by atoms with van der Waals surface area (Å²) in [6.45, 7) is 1.09. The summed E-state index contributed by atoms with van der Waals surface area (Å²) >= 11 is 0. The van der Waals surface area contributed by atoms with Crippen molar-refractivity contribution in [3.05, 3.63) is 42.5 Å². The number of aliphatic hydroxyl groups is 6. The quantitative estimate of drug-likeness (QED) is 0.200. The Hall–Kier alpha value is -2.78. The molecule has 3 aromatic carbocycles. The van der Waals surface area contributed by atoms with Crippen molar-refractivity contribution >= 4 is 21.5 Å². The summed E-state index contributed by atoms with van der Waals surface area (Å²) in [6, 6.07) is 12.0. The Morgan fingerprint density at radius 3 is 2.18 bits per heavy atom. The summed E-state index contributed by atoms with van der Waals surface area (Å²) in [7, 11) is 1.47. The van der Waals surface area contributed by atoms with Gasteiger partial charge in [-0.25, -0.2) is 0 Å². The number of benzene rings is 3. The van der Waals surface area contributed by atoms with Gasteiger partial charge in [0.15, 0.2) is 6.29 Å². The monoisotopic (exact) mass is 548 g/mol. The van der Waals surface area contributed by atoms with Crippen molar-refractivity contribution in [1.29, 1.82) is 0 Å². The second-order valence-corrected chi connectivity index (χ2v) is 9.81. The van der Waals surface area contributed by atoms with E-state index in [0.717, 1.165) is 5.39 Å². The number of ether oxygens (including phenoxy) is 5. The van der Waals surface area contributed by atoms with Crippen LogP contribution >= 0.6 is 0 Å². The zero-order valence-electron chi connectivity index (χ0n) is 21.2. The molecule has 10 unspecified atom stereocenters. The summed E-state index contributed by atoms with van der Waals surface area (Å²) < 4.78 is 28.1. The van der Waals surface area contributed by atoms with Crippen LogP contribution in [0.5, 0.6) is 17.2 Å². The summed E-state index contributed by atoms with van der Waals surface area (Å²) in [5.41, 5.74) is 0. The lowest BCUT2D eigenvalue weighted by Gasteiger charge is -2.42. The van der Waals surface area contributed by atoms with Crippen LogP contribution in [0.25, 0.3) is 21.5 Å². The van der Waals surface area contributed by atoms with E-state index in [-0.39, 0.29) is 11.5 Å². The highest BCUT2D eigenvalue weighted by Crippen LogP contribution is 2.40. The Morgan fingerprint density at radius 1 is 0.744 bits per heavy atom. The van der Waals surface area contributed by atoms with Crippen LogP contribution in [0.3, 0.4) is 0 Å². The first-order valence-corrected chi connectivity index (χ1v) is 12.5. The molecule has 0 spiro atoms. The van der Waals surface area contributed by atoms with Gasteiger partial charge in [0.05, 0.1) is 19.8 Å². The second-order valence-electron chi connectivity index (χ2n) is 9.81. The average molecular weight is 549 g/mol. The number of aromatic hydroxyl groups is 1. The smallest absolute Gasteiger partial charge is 0.229 e. The number of hydrogen-bond acceptors (Lipinski definition) is 12. The van der Waals surface area contributed by atoms with E-state index in [1.165, 1.54) is 14.0 Å². The third-order valence-corrected chi connectivity index (χ3v) is 7.25. The molecule has 2 aliphatic heterocycles. The minimum Gasteiger partial charge on any atom is -0.507 e. The molecule has 7 N–H and O–H groups in total. The van der Waals surface area contributed by atoms with Gasteiger partial charge in [-0.15, -0.1) is 0 Å². The molecule has 2 heterocycles. The van der Waals surface area contributed by atoms with E-state index in [1.807, 2.05) is 18.2 Å². The van der Waals surface area contributed by atoms with E-state index in [1.54, 1.807) is 24.3 Å². The van der Waals surface area contributed by atoms with Crippen LogP contribution in [0.15, 0.2) is 42.5 Å². The molecule has 5 rings (SSSR count). The second kappa shape index (κ2) is 11.0. The molecule has 2 saturated heterocycles. The molecule has 0 saturated carbocycles. The first kappa shape index (κ1) is 27.8. The predicted octanol–water partition coefficient (Wildman–Crippen LogP) is -0.262. The standard InChI is InChI=1S/C27H32O12/c1-11-20(29)22(31)24(33)26(37-11)36-10-17-21(30)23(32)25(34)27(39-17)38-14-8-13-7-6-12-4-3-5-15(28)18(12)19(13)16(9-14)35-2/h3-9,11,17,20-34H,10H2,1-2H3. The average Bonchev–Trinajstić information content (AvgIpc) is 2.93. The molecule has 10 atom stereocenters. The number of phenols is 1. The highest BCUT2D eigenvalue weighted by molar-refractivity contribution is 6.13. The van der Waals surface area contributed by atoms with E-state index >= 15 is 0 Å². The fraction of sp³-hybridized carbons (Fsp3) is 0.481. The molecule has 0 bridgehead atoms. The van der Waals surface area contributed by atoms with Crippen LogP contribution in [-0.2, 0) is 14.2 Å². The largest absolute Gasteiger partial charge is 0.507 e. The van der Waals surface area contributed by atoms with E-state index in [2.05, 4.69) is 0 Å². The number of rotatable bonds is 6. The summed E-state index contributed by atoms with van der Waals surface area (Å²) in [5.74, 6) is 0.691. The molecule has 39 heavy (non-hydrogen) atoms. The minimum absolute atomic E-state index is 0.0829. The van der Waals surface area contributed by atoms with Gasteiger partial charge in [-0.05, 0) is 29.8 Å². The van der Waals surface area contributed by atoms with Gasteiger partial charge in [-0.1, -0.05) is 24.3 Å². The molecular formula is C27H32O12. The Labute approximate surface area is 223 Å². The lowest BCUT2D eigenvalue weighted by atomic mass is 9.98. The number of methoxy groups -OCH3 is 1. The van der Waals surface area contributed by atoms with Gasteiger partial charge in [0.1, 0.15) is 60.0 Å². The van der Waals surface area contributed by atoms with Gasteiger partial charge in [0.2, 0.25) is 6.29 Å². The van der Waals surface area contributed by atoms with Gasteiger partial charge in [0.25, 0.3) is 0 Å². The molecule has 212 valence electrons. The van der Waals surface area contributed by atoms with Crippen LogP contribution in [0.1, 0.15) is 6.92 Å². The zero-order valence-corrected chi connectivity index (χ0v) is 21.2. The van der Waals surface area contributed by atoms with Crippen molar-refractivity contribution in [1.82, 2.24) is 0 Å². The number of aliphatic hydroxyl groups excluding tert-OH is 6. The Morgan fingerprint density at radius 2 is 1.44 bits per heavy atom. The van der Waals surface area contributed by atoms with Crippen molar-refractivity contribution in [2.45, 2.75) is 68.3 Å². The van der Waals surface area contributed by atoms with Crippen molar-refractivity contribution < 1.29 is 59.4 Å². The van der Waals surface area contributed by atoms with Crippen LogP contribution < -0.4 is 9.47 Å². The SMILES string of the molecule is COc1cc(OC2OC(COC3OC(C)C(O)C(O)C3O)C(O)C(O)C2O)cc2ccc3cccc(O)c3c12. The van der Waals surface area contributed by atoms with Crippen molar-refractivity contribution in [3.8, 4) is 17.2 Å². The Bertz CT molecular complexity index is 1320. The molecule has 0 amide bonds. The van der Waals surface area contributed by atoms with Crippen molar-refractivity contribution in [2.75, 3.05) is 13.7 Å². The lowest BCUT2D eigenvalue weighted by molar-refractivity contribution is -0.318. The van der Waals surface area contributed by atoms with Crippen LogP contribution in [-0.4, -0.2) is 111 Å². The topological polar surface area (TPSA) is 188 Å². The van der Waals surface area contributed by atoms with Gasteiger partial charge in [0, 0.05) is 16.8 Å². The zero-order chi connectivity index (χ0) is 28.0. The lowest BCUT2D eigenvalue weighted by Crippen LogP contribution is -2.61. The molecule has 12 heteroatoms. The third kappa shape index (κ3) is 5.11. The number of fused-ring (bicyclic) bond motifs is 3. The molecule has 12 nitrogen and oxygen atoms in total. The van der Waals surface area contributed by atoms with Crippen LogP contribution in [0, 0.1) is 0 Å². The van der Waals surface area contributed by atoms with E-state index in [9.17, 15) is 35.7 Å². The van der Waals surface area contributed by atoms with Gasteiger partial charge < -0.3 is 59.4 Å². The summed E-state index contributed by atoms with van der Waals surface area (Å²) in [6.07, 6.45) is -14.1. The number of phenolic OH excluding ortho intramolecular Hbond substituents is 1. The highest BCUT2D eigenvalue weighted by Gasteiger charge is 2.47. The maximum Gasteiger partial charge on any atom is 0.229 e. The van der Waals surface area contributed by atoms with Gasteiger partial charge >= 0.3 is 0 Å². The first-order valence-electron chi connectivity index (χ1n) is 12.5. The minimum atomic E-state index is -1.66. The third-order valence-electron chi connectivity index (χ3n) is 7.25. The maximum atomic E-state index is 10.6. The maximum absolute atomic E-state index is 10.6. The van der Waals surface area contributed by atoms with Crippen LogP contribution in [0.4, 0.5) is 0 Å². The summed E-state index contributed by atoms with van der Waals surface area (Å²) in [4.78, 5) is 0. The molecule has 0 radical (unpaired) electrons. The molecule has 0 aliphatic carbocycles. The number of hydrogen-bond donors (Lipinski definition) is 7. The molecule has 2 fully saturated rings. The van der Waals surface area contributed by atoms with Crippen LogP contribution in [0.2, 0.25) is 0 Å². The van der Waals surface area contributed by atoms with Crippen molar-refractivity contribution in [2.24, 2.45) is 0 Å². The predicted molar refractivity (Wildman–Crippen MR) is 135 cm³/mol. The normalized spacial score (nSPS) is 35.3. The highest BCUT2D eigenvalue weighted by atomic mass is 16.7. The fourth-order valence-electron chi connectivity index (χ4n) is 5.01. The van der Waals surface area contributed by atoms with Gasteiger partial charge in [-0.2, -0.15) is 0 Å². The van der Waals surface area contributed by atoms with E-state index < -0.39 is 68.0 Å². The van der Waals surface area contributed by atoms with E-state index in [0.29, 0.717) is 21.9 Å². The Kier molecular flexibility index (Phi) is 7.84. The Balaban J connectivity index is 1.36. The molecule has 2 aliphatic rings. The summed E-state index contributed by atoms with van der Waals surface area (Å²) in [5, 5.41) is 74.8. The molecule has 3 aromatic rings. The van der Waals surface area contributed by atoms with Crippen molar-refractivity contribution in [3.63, 3.8) is 0 Å². The fourth-order valence-corrected chi connectivity index (χ4v) is 5.01. The molecule has 0 aromatic heterocycles.